The van der Waals surface area contributed by atoms with Gasteiger partial charge in [-0.05, 0) is 30.7 Å². The first-order valence-electron chi connectivity index (χ1n) is 8.00. The number of fused-ring (bicyclic) bond motifs is 1. The van der Waals surface area contributed by atoms with E-state index in [0.717, 1.165) is 16.8 Å². The van der Waals surface area contributed by atoms with E-state index in [1.54, 1.807) is 21.5 Å². The summed E-state index contributed by atoms with van der Waals surface area (Å²) in [7, 11) is 0. The van der Waals surface area contributed by atoms with E-state index in [9.17, 15) is 4.79 Å². The van der Waals surface area contributed by atoms with Crippen molar-refractivity contribution in [1.82, 2.24) is 14.2 Å². The van der Waals surface area contributed by atoms with Crippen LogP contribution in [0.1, 0.15) is 11.1 Å². The van der Waals surface area contributed by atoms with Crippen LogP contribution in [0.4, 0.5) is 0 Å². The molecule has 2 heterocycles. The van der Waals surface area contributed by atoms with Gasteiger partial charge in [0.25, 0.3) is 5.56 Å². The fraction of sp³-hybridized carbons (Fsp3) is 0.100. The van der Waals surface area contributed by atoms with Gasteiger partial charge in [0, 0.05) is 23.0 Å². The van der Waals surface area contributed by atoms with Crippen LogP contribution in [-0.4, -0.2) is 14.2 Å². The summed E-state index contributed by atoms with van der Waals surface area (Å²) >= 11 is 6.03. The van der Waals surface area contributed by atoms with E-state index in [2.05, 4.69) is 5.10 Å². The monoisotopic (exact) mass is 349 g/mol. The fourth-order valence-electron chi connectivity index (χ4n) is 2.85. The average Bonchev–Trinajstić information content (AvgIpc) is 3.03. The topological polar surface area (TPSA) is 39.3 Å². The Kier molecular flexibility index (Phi) is 3.90. The van der Waals surface area contributed by atoms with Crippen LogP contribution < -0.4 is 5.56 Å². The minimum Gasteiger partial charge on any atom is -0.308 e. The first kappa shape index (κ1) is 15.7. The number of halogens is 1. The highest BCUT2D eigenvalue weighted by Gasteiger charge is 2.09. The summed E-state index contributed by atoms with van der Waals surface area (Å²) in [6.07, 6.45) is 3.56. The molecule has 0 spiro atoms. The number of benzene rings is 2. The van der Waals surface area contributed by atoms with Crippen LogP contribution in [0.15, 0.2) is 71.8 Å². The van der Waals surface area contributed by atoms with Crippen molar-refractivity contribution in [3.05, 3.63) is 93.5 Å². The molecule has 5 heteroatoms. The van der Waals surface area contributed by atoms with Crippen LogP contribution in [0, 0.1) is 6.92 Å². The number of hydrogen-bond donors (Lipinski definition) is 0. The van der Waals surface area contributed by atoms with E-state index >= 15 is 0 Å². The lowest BCUT2D eigenvalue weighted by Gasteiger charge is -2.06. The molecule has 0 fully saturated rings. The predicted octanol–water partition coefficient (Wildman–Crippen LogP) is 4.17. The Labute approximate surface area is 149 Å². The van der Waals surface area contributed by atoms with Gasteiger partial charge in [0.05, 0.1) is 12.2 Å². The van der Waals surface area contributed by atoms with Crippen molar-refractivity contribution in [2.75, 3.05) is 0 Å². The van der Waals surface area contributed by atoms with Crippen molar-refractivity contribution in [2.24, 2.45) is 0 Å². The lowest BCUT2D eigenvalue weighted by Crippen LogP contribution is -2.21. The number of nitrogens with zero attached hydrogens (tertiary/aromatic N) is 3. The van der Waals surface area contributed by atoms with Crippen molar-refractivity contribution in [3.63, 3.8) is 0 Å². The smallest absolute Gasteiger partial charge is 0.276 e. The van der Waals surface area contributed by atoms with Crippen LogP contribution in [0.3, 0.4) is 0 Å². The third-order valence-electron chi connectivity index (χ3n) is 4.19. The Hall–Kier alpha value is -2.85. The molecule has 0 atom stereocenters. The van der Waals surface area contributed by atoms with Crippen molar-refractivity contribution < 1.29 is 0 Å². The Morgan fingerprint density at radius 2 is 1.84 bits per heavy atom. The molecule has 0 aliphatic heterocycles. The molecule has 0 unspecified atom stereocenters. The van der Waals surface area contributed by atoms with Gasteiger partial charge in [-0.25, -0.2) is 4.52 Å². The van der Waals surface area contributed by atoms with Gasteiger partial charge in [0.15, 0.2) is 0 Å². The number of aromatic nitrogens is 3. The van der Waals surface area contributed by atoms with Crippen LogP contribution in [0.25, 0.3) is 16.8 Å². The van der Waals surface area contributed by atoms with Crippen LogP contribution in [0.5, 0.6) is 0 Å². The van der Waals surface area contributed by atoms with Gasteiger partial charge >= 0.3 is 0 Å². The van der Waals surface area contributed by atoms with E-state index in [1.165, 1.54) is 5.56 Å². The maximum Gasteiger partial charge on any atom is 0.276 e. The maximum atomic E-state index is 12.8. The quantitative estimate of drug-likeness (QED) is 0.556. The molecule has 2 aromatic carbocycles. The third-order valence-corrected chi connectivity index (χ3v) is 4.43. The summed E-state index contributed by atoms with van der Waals surface area (Å²) in [5.41, 5.74) is 4.44. The molecule has 25 heavy (non-hydrogen) atoms. The standard InChI is InChI=1S/C20H16ClN3O/c1-14-5-7-16(8-6-14)18-12-19-20(25)23(9-10-24(19)22-18)13-15-3-2-4-17(21)11-15/h2-12H,13H2,1H3. The fourth-order valence-corrected chi connectivity index (χ4v) is 3.06. The molecule has 0 aliphatic carbocycles. The molecule has 4 rings (SSSR count). The lowest BCUT2D eigenvalue weighted by molar-refractivity contribution is 0.743. The van der Waals surface area contributed by atoms with Crippen LogP contribution in [-0.2, 0) is 6.54 Å². The van der Waals surface area contributed by atoms with E-state index in [1.807, 2.05) is 61.5 Å². The Morgan fingerprint density at radius 3 is 2.60 bits per heavy atom. The highest BCUT2D eigenvalue weighted by Crippen LogP contribution is 2.19. The molecule has 0 saturated heterocycles. The normalized spacial score (nSPS) is 11.1. The SMILES string of the molecule is Cc1ccc(-c2cc3c(=O)n(Cc4cccc(Cl)c4)ccn3n2)cc1. The third kappa shape index (κ3) is 3.08. The zero-order valence-corrected chi connectivity index (χ0v) is 14.4. The van der Waals surface area contributed by atoms with Gasteiger partial charge in [-0.2, -0.15) is 5.10 Å². The number of hydrogen-bond acceptors (Lipinski definition) is 2. The van der Waals surface area contributed by atoms with Gasteiger partial charge in [0.2, 0.25) is 0 Å². The summed E-state index contributed by atoms with van der Waals surface area (Å²) in [6.45, 7) is 2.52. The number of aryl methyl sites for hydroxylation is 1. The highest BCUT2D eigenvalue weighted by molar-refractivity contribution is 6.30. The maximum absolute atomic E-state index is 12.8. The lowest BCUT2D eigenvalue weighted by atomic mass is 10.1. The van der Waals surface area contributed by atoms with Crippen molar-refractivity contribution in [2.45, 2.75) is 13.5 Å². The van der Waals surface area contributed by atoms with Gasteiger partial charge in [-0.15, -0.1) is 0 Å². The second kappa shape index (κ2) is 6.22. The minimum absolute atomic E-state index is 0.0756. The molecule has 0 bridgehead atoms. The first-order chi connectivity index (χ1) is 12.1. The Balaban J connectivity index is 1.75. The van der Waals surface area contributed by atoms with E-state index in [0.29, 0.717) is 17.1 Å². The first-order valence-corrected chi connectivity index (χ1v) is 8.38. The van der Waals surface area contributed by atoms with Crippen molar-refractivity contribution in [1.29, 1.82) is 0 Å². The molecule has 0 saturated carbocycles. The molecular formula is C20H16ClN3O. The van der Waals surface area contributed by atoms with E-state index in [4.69, 9.17) is 11.6 Å². The van der Waals surface area contributed by atoms with Gasteiger partial charge in [-0.1, -0.05) is 53.6 Å². The molecule has 4 nitrogen and oxygen atoms in total. The molecule has 0 radical (unpaired) electrons. The van der Waals surface area contributed by atoms with Gasteiger partial charge in [0.1, 0.15) is 5.52 Å². The molecule has 0 N–H and O–H groups in total. The number of rotatable bonds is 3. The summed E-state index contributed by atoms with van der Waals surface area (Å²) in [5, 5.41) is 5.18. The zero-order valence-electron chi connectivity index (χ0n) is 13.7. The van der Waals surface area contributed by atoms with Crippen molar-refractivity contribution >= 4 is 17.1 Å². The molecular weight excluding hydrogens is 334 g/mol. The summed E-state index contributed by atoms with van der Waals surface area (Å²) in [5.74, 6) is 0. The van der Waals surface area contributed by atoms with Gasteiger partial charge < -0.3 is 4.57 Å². The molecule has 2 aromatic heterocycles. The minimum atomic E-state index is -0.0756. The highest BCUT2D eigenvalue weighted by atomic mass is 35.5. The van der Waals surface area contributed by atoms with Crippen molar-refractivity contribution in [3.8, 4) is 11.3 Å². The van der Waals surface area contributed by atoms with E-state index in [-0.39, 0.29) is 5.56 Å². The molecule has 0 amide bonds. The summed E-state index contributed by atoms with van der Waals surface area (Å²) < 4.78 is 3.30. The predicted molar refractivity (Wildman–Crippen MR) is 100 cm³/mol. The van der Waals surface area contributed by atoms with Crippen LogP contribution in [0.2, 0.25) is 5.02 Å². The summed E-state index contributed by atoms with van der Waals surface area (Å²) in [4.78, 5) is 12.8. The zero-order chi connectivity index (χ0) is 17.4. The molecule has 4 aromatic rings. The van der Waals surface area contributed by atoms with Crippen LogP contribution >= 0.6 is 11.6 Å². The molecule has 124 valence electrons. The summed E-state index contributed by atoms with van der Waals surface area (Å²) in [6, 6.07) is 17.5. The Morgan fingerprint density at radius 1 is 1.04 bits per heavy atom. The second-order valence-electron chi connectivity index (χ2n) is 6.09. The molecule has 0 aliphatic rings. The Bertz CT molecular complexity index is 1110. The van der Waals surface area contributed by atoms with E-state index < -0.39 is 0 Å². The second-order valence-corrected chi connectivity index (χ2v) is 6.52. The largest absolute Gasteiger partial charge is 0.308 e. The average molecular weight is 350 g/mol. The van der Waals surface area contributed by atoms with Gasteiger partial charge in [-0.3, -0.25) is 4.79 Å².